The van der Waals surface area contributed by atoms with Crippen molar-refractivity contribution < 1.29 is 37.7 Å². The summed E-state index contributed by atoms with van der Waals surface area (Å²) >= 11 is 0. The fourth-order valence-electron chi connectivity index (χ4n) is 31.4. The molecular formula is C103H151N7O8S2. The number of aryl methyl sites for hydroxylation is 1. The van der Waals surface area contributed by atoms with Crippen LogP contribution in [0.2, 0.25) is 0 Å². The third kappa shape index (κ3) is 14.9. The van der Waals surface area contributed by atoms with Crippen molar-refractivity contribution in [3.8, 4) is 23.0 Å². The summed E-state index contributed by atoms with van der Waals surface area (Å²) in [4.78, 5) is 35.0. The summed E-state index contributed by atoms with van der Waals surface area (Å²) in [7, 11) is -1.89. The minimum Gasteiger partial charge on any atom is -0.481 e. The molecule has 2 aromatic heterocycles. The van der Waals surface area contributed by atoms with Gasteiger partial charge in [0, 0.05) is 117 Å². The van der Waals surface area contributed by atoms with E-state index in [4.69, 9.17) is 9.47 Å². The summed E-state index contributed by atoms with van der Waals surface area (Å²) in [5, 5.41) is 34.4. The van der Waals surface area contributed by atoms with Crippen molar-refractivity contribution in [2.75, 3.05) is 88.6 Å². The standard InChI is InChI=1S/C54H78N4O4S.C49H73N3O4S/c1-37(2)40-19-26-54(55-29-30-58-31-33-63(9,61)34-32-58)28-27-51(6)42(47(40)54)15-16-45-50(5)22-20-41(49(3,4)44(50)21-23-52(45,51)7)38-17-24-53(25-18-38,48(59)60)36-62-46-35-43(56-57(46)8)39-13-11-10-12-14-39;1-34(2)36-16-23-49(51-27-28-52-29-31-57(8,55)32-30-52)25-24-46(6)38(42(36)49)12-13-40-45(5)19-17-37(44(3,4)39(45)18-20-47(40,46)7)35-14-21-48(22-15-35,43(53)54)33-56-41-11-9-10-26-50-41/h10-14,17,20,35,40,42,44-45,47,55H,1,9,15-16,18-19,21-34,36H2,2-8H3,(H,59,60);9-11,14,17,26,36,38-40,42,51H,1,8,12-13,15-16,18-25,27-33H2,2-7H3,(H,53,54)/t40-,42+,44-,45+,47+,50-,51+,52+,53?,54-;36-,38+,39-,40+,42+,45-,46+,47+,48?,49-/m00/s1. The van der Waals surface area contributed by atoms with Crippen molar-refractivity contribution in [3.05, 3.63) is 132 Å². The first-order valence-corrected chi connectivity index (χ1v) is 51.2. The Hall–Kier alpha value is -5.56. The zero-order valence-electron chi connectivity index (χ0n) is 76.0. The number of carbonyl (C=O) groups is 2. The Labute approximate surface area is 722 Å². The molecule has 14 aliphatic rings. The predicted molar refractivity (Wildman–Crippen MR) is 492 cm³/mol. The highest BCUT2D eigenvalue weighted by Crippen LogP contribution is 2.79. The zero-order valence-corrected chi connectivity index (χ0v) is 77.6. The second kappa shape index (κ2) is 32.1. The number of nitrogens with one attached hydrogen (secondary N) is 2. The van der Waals surface area contributed by atoms with Gasteiger partial charge in [0.15, 0.2) is 0 Å². The molecule has 12 aliphatic carbocycles. The highest BCUT2D eigenvalue weighted by molar-refractivity contribution is 8.00. The number of pyridine rings is 1. The smallest absolute Gasteiger partial charge is 0.313 e. The first-order chi connectivity index (χ1) is 56.7. The first-order valence-electron chi connectivity index (χ1n) is 47.1. The maximum Gasteiger partial charge on any atom is 0.313 e. The number of aromatic nitrogens is 3. The molecule has 0 bridgehead atoms. The van der Waals surface area contributed by atoms with E-state index >= 15 is 0 Å². The maximum absolute atomic E-state index is 13.0. The van der Waals surface area contributed by atoms with Crippen LogP contribution in [-0.2, 0) is 35.7 Å². The van der Waals surface area contributed by atoms with Crippen LogP contribution in [0.3, 0.4) is 0 Å². The average molecular weight is 1680 g/mol. The summed E-state index contributed by atoms with van der Waals surface area (Å²) in [6.45, 7) is 48.2. The van der Waals surface area contributed by atoms with Gasteiger partial charge in [-0.1, -0.05) is 154 Å². The van der Waals surface area contributed by atoms with E-state index in [9.17, 15) is 28.2 Å². The third-order valence-corrected chi connectivity index (χ3v) is 42.3. The van der Waals surface area contributed by atoms with Gasteiger partial charge in [0.2, 0.25) is 11.8 Å². The Morgan fingerprint density at radius 1 is 0.517 bits per heavy atom. The Balaban J connectivity index is 0.000000180. The molecule has 0 radical (unpaired) electrons. The summed E-state index contributed by atoms with van der Waals surface area (Å²) in [5.74, 6) is 16.8. The summed E-state index contributed by atoms with van der Waals surface area (Å²) < 4.78 is 39.1. The monoisotopic (exact) mass is 1680 g/mol. The molecule has 2 saturated heterocycles. The molecule has 120 heavy (non-hydrogen) atoms. The lowest BCUT2D eigenvalue weighted by Crippen LogP contribution is -2.68. The van der Waals surface area contributed by atoms with Crippen LogP contribution in [0.25, 0.3) is 11.3 Å². The van der Waals surface area contributed by atoms with Gasteiger partial charge >= 0.3 is 11.9 Å². The third-order valence-electron chi connectivity index (χ3n) is 38.6. The van der Waals surface area contributed by atoms with E-state index in [1.54, 1.807) is 16.9 Å². The fraction of sp³-hybridized carbons (Fsp3) is 0.709. The van der Waals surface area contributed by atoms with Gasteiger partial charge in [0.05, 0.1) is 5.69 Å². The van der Waals surface area contributed by atoms with E-state index in [-0.39, 0.29) is 67.6 Å². The molecule has 8 saturated carbocycles. The zero-order chi connectivity index (χ0) is 85.4. The van der Waals surface area contributed by atoms with E-state index in [2.05, 4.69) is 163 Å². The van der Waals surface area contributed by atoms with Crippen LogP contribution >= 0.6 is 0 Å². The van der Waals surface area contributed by atoms with E-state index in [1.165, 1.54) is 136 Å². The van der Waals surface area contributed by atoms with Crippen molar-refractivity contribution in [1.29, 1.82) is 0 Å². The molecule has 3 aromatic rings. The van der Waals surface area contributed by atoms with E-state index in [0.717, 1.165) is 112 Å². The maximum atomic E-state index is 13.0. The largest absolute Gasteiger partial charge is 0.481 e. The van der Waals surface area contributed by atoms with Crippen LogP contribution in [0.4, 0.5) is 0 Å². The number of allylic oxidation sites excluding steroid dienone is 10. The number of fused-ring (bicyclic) bond motifs is 14. The van der Waals surface area contributed by atoms with Crippen molar-refractivity contribution in [2.45, 2.75) is 248 Å². The van der Waals surface area contributed by atoms with Crippen molar-refractivity contribution >= 4 is 42.7 Å². The predicted octanol–water partition coefficient (Wildman–Crippen LogP) is 19.4. The van der Waals surface area contributed by atoms with Crippen molar-refractivity contribution in [1.82, 2.24) is 35.2 Å². The number of ether oxygens (including phenoxy) is 2. The van der Waals surface area contributed by atoms with Crippen molar-refractivity contribution in [3.63, 3.8) is 0 Å². The number of carboxylic acids is 2. The summed E-state index contributed by atoms with van der Waals surface area (Å²) in [6.07, 6.45) is 37.8. The number of hydrogen-bond donors (Lipinski definition) is 4. The molecule has 2 aliphatic heterocycles. The second-order valence-electron chi connectivity index (χ2n) is 44.7. The minimum absolute atomic E-state index is 0.000816. The lowest BCUT2D eigenvalue weighted by Gasteiger charge is -2.72. The van der Waals surface area contributed by atoms with Gasteiger partial charge in [-0.25, -0.2) is 9.67 Å². The number of nitrogens with zero attached hydrogens (tertiary/aromatic N) is 5. The van der Waals surface area contributed by atoms with Crippen LogP contribution in [0.1, 0.15) is 237 Å². The Morgan fingerprint density at radius 2 is 0.958 bits per heavy atom. The Morgan fingerprint density at radius 3 is 1.37 bits per heavy atom. The summed E-state index contributed by atoms with van der Waals surface area (Å²) in [6, 6.07) is 17.5. The van der Waals surface area contributed by atoms with Crippen LogP contribution in [-0.4, -0.2) is 167 Å². The second-order valence-corrected chi connectivity index (χ2v) is 50.2. The molecule has 20 atom stereocenters. The van der Waals surface area contributed by atoms with E-state index < -0.39 is 41.8 Å². The van der Waals surface area contributed by atoms with Gasteiger partial charge in [-0.05, 0) is 330 Å². The molecule has 2 unspecified atom stereocenters. The lowest BCUT2D eigenvalue weighted by atomic mass is 9.33. The normalized spacial score (nSPS) is 40.8. The number of benzene rings is 1. The molecule has 15 nitrogen and oxygen atoms in total. The average Bonchev–Trinajstić information content (AvgIpc) is 0.703. The molecule has 10 fully saturated rings. The van der Waals surface area contributed by atoms with Crippen LogP contribution in [0, 0.1) is 113 Å². The minimum atomic E-state index is -1.88. The molecule has 4 N–H and O–H groups in total. The molecule has 0 spiro atoms. The molecule has 17 rings (SSSR count). The van der Waals surface area contributed by atoms with E-state index in [1.807, 2.05) is 55.6 Å². The Kier molecular flexibility index (Phi) is 23.5. The van der Waals surface area contributed by atoms with Crippen LogP contribution < -0.4 is 20.1 Å². The SMILES string of the molecule is C=C(C)[C@@H]1CC[C@]2(NCCN3CCS(=C)(=O)CC3)CC[C@]3(C)[C@H](CC[C@@H]4[C@@]5(C)CC=C(C6=CCC(COc7cc(-c8ccccc8)nn7C)(C(=O)O)CC6)C(C)(C)[C@@H]5CC[C@]43C)[C@@H]12.C=C(C)[C@@H]1CC[C@]2(NCCN3CCS(=C)(=O)CC3)CC[C@]3(C)[C@H](CC[C@@H]4[C@@]5(C)CC=C(C6=CCC(COc7ccccn7)(C(=O)O)CC6)C(C)(C)[C@@H]5CC[C@]43C)[C@@H]12. The highest BCUT2D eigenvalue weighted by atomic mass is 32.2. The summed E-state index contributed by atoms with van der Waals surface area (Å²) in [5.41, 5.74) is 10.3. The topological polar surface area (TPSA) is 188 Å². The van der Waals surface area contributed by atoms with Gasteiger partial charge in [0.25, 0.3) is 0 Å². The van der Waals surface area contributed by atoms with Crippen LogP contribution in [0.5, 0.6) is 11.8 Å². The van der Waals surface area contributed by atoms with Gasteiger partial charge in [0.1, 0.15) is 24.0 Å². The van der Waals surface area contributed by atoms with Gasteiger partial charge < -0.3 is 40.1 Å². The van der Waals surface area contributed by atoms with E-state index in [0.29, 0.717) is 96.6 Å². The highest BCUT2D eigenvalue weighted by Gasteiger charge is 2.73. The lowest BCUT2D eigenvalue weighted by molar-refractivity contribution is -0.221. The molecule has 4 heterocycles. The quantitative estimate of drug-likeness (QED) is 0.0582. The number of aliphatic carboxylic acids is 2. The van der Waals surface area contributed by atoms with Gasteiger partial charge in [-0.2, -0.15) is 5.10 Å². The molecule has 17 heteroatoms. The molecule has 0 amide bonds. The molecule has 1 aromatic carbocycles. The number of rotatable bonds is 21. The number of carboxylic acid groups (broad SMARTS) is 2. The molecule has 658 valence electrons. The molecular weight excluding hydrogens is 1530 g/mol. The van der Waals surface area contributed by atoms with Gasteiger partial charge in [-0.3, -0.25) is 18.0 Å². The fourth-order valence-corrected chi connectivity index (χ4v) is 34.2. The number of hydrogen-bond acceptors (Lipinski definition) is 12. The van der Waals surface area contributed by atoms with Crippen molar-refractivity contribution in [2.24, 2.45) is 120 Å². The first kappa shape index (κ1) is 87.9. The Bertz CT molecular complexity index is 4750. The van der Waals surface area contributed by atoms with Gasteiger partial charge in [-0.15, -0.1) is 0 Å². The van der Waals surface area contributed by atoms with Crippen LogP contribution in [0.15, 0.2) is 132 Å².